The molecule has 1 aliphatic heterocycles. The SMILES string of the molecule is Nc1ccc(OCCNS(=O)(=O)N2CCCCC2)cc1. The number of benzene rings is 1. The summed E-state index contributed by atoms with van der Waals surface area (Å²) in [4.78, 5) is 0. The Morgan fingerprint density at radius 2 is 1.80 bits per heavy atom. The van der Waals surface area contributed by atoms with Gasteiger partial charge in [0.2, 0.25) is 0 Å². The number of hydrogen-bond donors (Lipinski definition) is 2. The van der Waals surface area contributed by atoms with E-state index in [1.54, 1.807) is 24.3 Å². The van der Waals surface area contributed by atoms with E-state index < -0.39 is 10.2 Å². The van der Waals surface area contributed by atoms with Gasteiger partial charge in [-0.2, -0.15) is 17.4 Å². The van der Waals surface area contributed by atoms with Crippen LogP contribution in [0.15, 0.2) is 24.3 Å². The third-order valence-electron chi connectivity index (χ3n) is 3.19. The largest absolute Gasteiger partial charge is 0.492 e. The van der Waals surface area contributed by atoms with Crippen molar-refractivity contribution in [1.82, 2.24) is 9.03 Å². The maximum absolute atomic E-state index is 12.0. The molecule has 1 saturated heterocycles. The summed E-state index contributed by atoms with van der Waals surface area (Å²) in [6.07, 6.45) is 2.97. The smallest absolute Gasteiger partial charge is 0.279 e. The summed E-state index contributed by atoms with van der Waals surface area (Å²) in [6, 6.07) is 7.00. The maximum atomic E-state index is 12.0. The molecule has 0 bridgehead atoms. The zero-order valence-electron chi connectivity index (χ0n) is 11.4. The molecule has 0 aliphatic carbocycles. The van der Waals surface area contributed by atoms with Crippen LogP contribution in [-0.2, 0) is 10.2 Å². The molecule has 0 unspecified atom stereocenters. The molecule has 1 heterocycles. The van der Waals surface area contributed by atoms with Gasteiger partial charge >= 0.3 is 0 Å². The summed E-state index contributed by atoms with van der Waals surface area (Å²) in [5.41, 5.74) is 6.24. The topological polar surface area (TPSA) is 84.7 Å². The van der Waals surface area contributed by atoms with Gasteiger partial charge in [0.25, 0.3) is 10.2 Å². The van der Waals surface area contributed by atoms with E-state index in [9.17, 15) is 8.42 Å². The standard InChI is InChI=1S/C13H21N3O3S/c14-12-4-6-13(7-5-12)19-11-8-15-20(17,18)16-9-2-1-3-10-16/h4-7,15H,1-3,8-11,14H2. The van der Waals surface area contributed by atoms with Crippen LogP contribution in [0.2, 0.25) is 0 Å². The quantitative estimate of drug-likeness (QED) is 0.605. The van der Waals surface area contributed by atoms with E-state index in [2.05, 4.69) is 4.72 Å². The highest BCUT2D eigenvalue weighted by Gasteiger charge is 2.22. The van der Waals surface area contributed by atoms with Gasteiger partial charge in [-0.1, -0.05) is 6.42 Å². The lowest BCUT2D eigenvalue weighted by atomic mass is 10.2. The molecule has 0 radical (unpaired) electrons. The van der Waals surface area contributed by atoms with Crippen LogP contribution in [0.3, 0.4) is 0 Å². The van der Waals surface area contributed by atoms with E-state index in [1.807, 2.05) is 0 Å². The summed E-state index contributed by atoms with van der Waals surface area (Å²) >= 11 is 0. The predicted octanol–water partition coefficient (Wildman–Crippen LogP) is 0.968. The molecule has 112 valence electrons. The zero-order chi connectivity index (χ0) is 14.4. The maximum Gasteiger partial charge on any atom is 0.279 e. The Kier molecular flexibility index (Phi) is 5.22. The molecule has 6 nitrogen and oxygen atoms in total. The number of nitrogens with one attached hydrogen (secondary N) is 1. The lowest BCUT2D eigenvalue weighted by molar-refractivity contribution is 0.313. The van der Waals surface area contributed by atoms with Gasteiger partial charge in [0.1, 0.15) is 12.4 Å². The lowest BCUT2D eigenvalue weighted by Crippen LogP contribution is -2.44. The molecule has 0 aromatic heterocycles. The second kappa shape index (κ2) is 6.92. The van der Waals surface area contributed by atoms with E-state index in [0.29, 0.717) is 24.5 Å². The number of hydrogen-bond acceptors (Lipinski definition) is 4. The van der Waals surface area contributed by atoms with E-state index in [1.165, 1.54) is 4.31 Å². The molecule has 0 amide bonds. The Bertz CT molecular complexity index is 510. The Morgan fingerprint density at radius 1 is 1.15 bits per heavy atom. The Morgan fingerprint density at radius 3 is 2.45 bits per heavy atom. The molecule has 20 heavy (non-hydrogen) atoms. The van der Waals surface area contributed by atoms with Crippen molar-refractivity contribution in [3.8, 4) is 5.75 Å². The molecular formula is C13H21N3O3S. The molecule has 0 spiro atoms. The molecule has 7 heteroatoms. The first-order chi connectivity index (χ1) is 9.58. The fourth-order valence-electron chi connectivity index (χ4n) is 2.10. The van der Waals surface area contributed by atoms with Crippen LogP contribution in [0.1, 0.15) is 19.3 Å². The second-order valence-electron chi connectivity index (χ2n) is 4.78. The molecule has 1 aliphatic rings. The van der Waals surface area contributed by atoms with Crippen LogP contribution in [0.4, 0.5) is 5.69 Å². The second-order valence-corrected chi connectivity index (χ2v) is 6.53. The normalized spacial score (nSPS) is 17.0. The van der Waals surface area contributed by atoms with Gasteiger partial charge in [-0.25, -0.2) is 0 Å². The molecule has 2 rings (SSSR count). The van der Waals surface area contributed by atoms with Crippen molar-refractivity contribution < 1.29 is 13.2 Å². The predicted molar refractivity (Wildman–Crippen MR) is 78.7 cm³/mol. The Balaban J connectivity index is 1.73. The summed E-state index contributed by atoms with van der Waals surface area (Å²) in [7, 11) is -3.36. The monoisotopic (exact) mass is 299 g/mol. The molecule has 0 saturated carbocycles. The third kappa shape index (κ3) is 4.36. The number of nitrogen functional groups attached to an aromatic ring is 1. The average Bonchev–Trinajstić information content (AvgIpc) is 2.46. The van der Waals surface area contributed by atoms with Crippen molar-refractivity contribution >= 4 is 15.9 Å². The highest BCUT2D eigenvalue weighted by atomic mass is 32.2. The van der Waals surface area contributed by atoms with E-state index >= 15 is 0 Å². The van der Waals surface area contributed by atoms with Gasteiger partial charge in [-0.15, -0.1) is 0 Å². The first-order valence-corrected chi connectivity index (χ1v) is 8.25. The summed E-state index contributed by atoms with van der Waals surface area (Å²) in [5.74, 6) is 0.677. The van der Waals surface area contributed by atoms with Crippen LogP contribution in [0, 0.1) is 0 Å². The number of nitrogens with zero attached hydrogens (tertiary/aromatic N) is 1. The summed E-state index contributed by atoms with van der Waals surface area (Å²) in [6.45, 7) is 1.75. The van der Waals surface area contributed by atoms with E-state index in [4.69, 9.17) is 10.5 Å². The number of piperidine rings is 1. The van der Waals surface area contributed by atoms with Gasteiger partial charge in [0.05, 0.1) is 0 Å². The van der Waals surface area contributed by atoms with Gasteiger partial charge in [0, 0.05) is 25.3 Å². The highest BCUT2D eigenvalue weighted by Crippen LogP contribution is 2.13. The van der Waals surface area contributed by atoms with Gasteiger partial charge in [-0.05, 0) is 37.1 Å². The minimum atomic E-state index is -3.36. The number of anilines is 1. The van der Waals surface area contributed by atoms with Gasteiger partial charge < -0.3 is 10.5 Å². The molecule has 0 atom stereocenters. The zero-order valence-corrected chi connectivity index (χ0v) is 12.2. The molecule has 3 N–H and O–H groups in total. The minimum Gasteiger partial charge on any atom is -0.492 e. The Labute approximate surface area is 120 Å². The van der Waals surface area contributed by atoms with Crippen LogP contribution >= 0.6 is 0 Å². The van der Waals surface area contributed by atoms with Gasteiger partial charge in [-0.3, -0.25) is 0 Å². The van der Waals surface area contributed by atoms with Crippen molar-refractivity contribution in [1.29, 1.82) is 0 Å². The summed E-state index contributed by atoms with van der Waals surface area (Å²) in [5, 5.41) is 0. The van der Waals surface area contributed by atoms with Crippen molar-refractivity contribution in [2.75, 3.05) is 32.0 Å². The van der Waals surface area contributed by atoms with Crippen molar-refractivity contribution in [3.05, 3.63) is 24.3 Å². The van der Waals surface area contributed by atoms with Crippen molar-refractivity contribution in [2.24, 2.45) is 0 Å². The fourth-order valence-corrected chi connectivity index (χ4v) is 3.36. The first kappa shape index (κ1) is 15.1. The van der Waals surface area contributed by atoms with Crippen molar-refractivity contribution in [2.45, 2.75) is 19.3 Å². The number of ether oxygens (including phenoxy) is 1. The summed E-state index contributed by atoms with van der Waals surface area (Å²) < 4.78 is 33.5. The Hall–Kier alpha value is -1.31. The number of rotatable bonds is 6. The van der Waals surface area contributed by atoms with Crippen LogP contribution in [0.5, 0.6) is 5.75 Å². The first-order valence-electron chi connectivity index (χ1n) is 6.81. The lowest BCUT2D eigenvalue weighted by Gasteiger charge is -2.25. The minimum absolute atomic E-state index is 0.253. The molecule has 1 aromatic rings. The van der Waals surface area contributed by atoms with Crippen LogP contribution in [0.25, 0.3) is 0 Å². The van der Waals surface area contributed by atoms with E-state index in [0.717, 1.165) is 19.3 Å². The fraction of sp³-hybridized carbons (Fsp3) is 0.538. The van der Waals surface area contributed by atoms with Crippen LogP contribution in [-0.4, -0.2) is 39.0 Å². The molecular weight excluding hydrogens is 278 g/mol. The number of nitrogens with two attached hydrogens (primary N) is 1. The highest BCUT2D eigenvalue weighted by molar-refractivity contribution is 7.87. The molecule has 1 fully saturated rings. The average molecular weight is 299 g/mol. The third-order valence-corrected chi connectivity index (χ3v) is 4.80. The van der Waals surface area contributed by atoms with Crippen molar-refractivity contribution in [3.63, 3.8) is 0 Å². The van der Waals surface area contributed by atoms with Gasteiger partial charge in [0.15, 0.2) is 0 Å². The van der Waals surface area contributed by atoms with E-state index in [-0.39, 0.29) is 13.2 Å². The molecule has 1 aromatic carbocycles. The van der Waals surface area contributed by atoms with Crippen LogP contribution < -0.4 is 15.2 Å².